The number of aliphatic hydroxyl groups excluding tert-OH is 1. The van der Waals surface area contributed by atoms with Gasteiger partial charge in [0, 0.05) is 19.1 Å². The second kappa shape index (κ2) is 6.21. The zero-order valence-electron chi connectivity index (χ0n) is 10.6. The number of nitrogens with one attached hydrogen (secondary N) is 1. The number of likely N-dealkylation sites (tertiary alicyclic amines) is 1. The van der Waals surface area contributed by atoms with Gasteiger partial charge in [-0.15, -0.1) is 0 Å². The predicted molar refractivity (Wildman–Crippen MR) is 64.2 cm³/mol. The molecule has 0 saturated carbocycles. The minimum atomic E-state index is -0.262. The summed E-state index contributed by atoms with van der Waals surface area (Å²) in [5.41, 5.74) is 0. The zero-order chi connectivity index (χ0) is 12.1. The molecule has 0 aromatic carbocycles. The van der Waals surface area contributed by atoms with E-state index in [2.05, 4.69) is 19.2 Å². The third-order valence-electron chi connectivity index (χ3n) is 2.88. The lowest BCUT2D eigenvalue weighted by Gasteiger charge is -2.18. The van der Waals surface area contributed by atoms with Crippen molar-refractivity contribution in [2.75, 3.05) is 13.1 Å². The quantitative estimate of drug-likeness (QED) is 0.705. The van der Waals surface area contributed by atoms with Crippen molar-refractivity contribution in [3.05, 3.63) is 0 Å². The van der Waals surface area contributed by atoms with Gasteiger partial charge in [-0.2, -0.15) is 0 Å². The van der Waals surface area contributed by atoms with Crippen LogP contribution >= 0.6 is 0 Å². The average Bonchev–Trinajstić information content (AvgIpc) is 2.48. The number of nitrogens with zero attached hydrogens (tertiary/aromatic N) is 1. The molecule has 1 rings (SSSR count). The molecule has 0 aromatic heterocycles. The van der Waals surface area contributed by atoms with Crippen molar-refractivity contribution in [3.8, 4) is 0 Å². The van der Waals surface area contributed by atoms with Crippen molar-refractivity contribution < 1.29 is 9.90 Å². The number of hydrogen-bond acceptors (Lipinski definition) is 3. The monoisotopic (exact) mass is 228 g/mol. The Morgan fingerprint density at radius 1 is 1.50 bits per heavy atom. The topological polar surface area (TPSA) is 52.6 Å². The fourth-order valence-electron chi connectivity index (χ4n) is 2.10. The van der Waals surface area contributed by atoms with Crippen LogP contribution in [0.5, 0.6) is 0 Å². The van der Waals surface area contributed by atoms with E-state index in [0.29, 0.717) is 6.04 Å². The second-order valence-corrected chi connectivity index (χ2v) is 4.98. The van der Waals surface area contributed by atoms with Crippen LogP contribution in [-0.4, -0.2) is 47.2 Å². The Kier molecular flexibility index (Phi) is 5.22. The standard InChI is InChI=1S/C12H24N2O2/c1-9(2)13-11-6-8-14(12(11)16)7-4-5-10(3)15/h9-11,13,15H,4-8H2,1-3H3. The van der Waals surface area contributed by atoms with Gasteiger partial charge in [0.25, 0.3) is 0 Å². The number of hydrogen-bond donors (Lipinski definition) is 2. The number of aliphatic hydroxyl groups is 1. The molecule has 0 aromatic rings. The second-order valence-electron chi connectivity index (χ2n) is 4.98. The van der Waals surface area contributed by atoms with Crippen molar-refractivity contribution in [2.45, 2.75) is 58.2 Å². The van der Waals surface area contributed by atoms with E-state index in [9.17, 15) is 4.79 Å². The molecule has 4 heteroatoms. The Balaban J connectivity index is 2.28. The Hall–Kier alpha value is -0.610. The Morgan fingerprint density at radius 3 is 2.75 bits per heavy atom. The van der Waals surface area contributed by atoms with Crippen LogP contribution in [0.15, 0.2) is 0 Å². The van der Waals surface area contributed by atoms with Gasteiger partial charge in [0.1, 0.15) is 0 Å². The smallest absolute Gasteiger partial charge is 0.239 e. The van der Waals surface area contributed by atoms with Crippen LogP contribution in [0.1, 0.15) is 40.0 Å². The first-order valence-electron chi connectivity index (χ1n) is 6.23. The summed E-state index contributed by atoms with van der Waals surface area (Å²) in [6.45, 7) is 7.53. The van der Waals surface area contributed by atoms with Crippen molar-refractivity contribution >= 4 is 5.91 Å². The van der Waals surface area contributed by atoms with Gasteiger partial charge in [-0.05, 0) is 26.2 Å². The molecule has 94 valence electrons. The van der Waals surface area contributed by atoms with E-state index in [1.165, 1.54) is 0 Å². The summed E-state index contributed by atoms with van der Waals surface area (Å²) in [4.78, 5) is 13.8. The molecule has 0 aliphatic carbocycles. The Bertz CT molecular complexity index is 229. The molecule has 1 saturated heterocycles. The largest absolute Gasteiger partial charge is 0.393 e. The highest BCUT2D eigenvalue weighted by molar-refractivity contribution is 5.83. The van der Waals surface area contributed by atoms with Crippen molar-refractivity contribution in [3.63, 3.8) is 0 Å². The lowest BCUT2D eigenvalue weighted by Crippen LogP contribution is -2.41. The van der Waals surface area contributed by atoms with Crippen LogP contribution in [0.2, 0.25) is 0 Å². The first-order valence-corrected chi connectivity index (χ1v) is 6.23. The zero-order valence-corrected chi connectivity index (χ0v) is 10.6. The van der Waals surface area contributed by atoms with Gasteiger partial charge in [-0.1, -0.05) is 13.8 Å². The lowest BCUT2D eigenvalue weighted by molar-refractivity contribution is -0.129. The summed E-state index contributed by atoms with van der Waals surface area (Å²) < 4.78 is 0. The molecule has 1 heterocycles. The highest BCUT2D eigenvalue weighted by atomic mass is 16.3. The summed E-state index contributed by atoms with van der Waals surface area (Å²) in [6, 6.07) is 0.359. The molecule has 0 radical (unpaired) electrons. The van der Waals surface area contributed by atoms with Gasteiger partial charge in [0.2, 0.25) is 5.91 Å². The minimum Gasteiger partial charge on any atom is -0.393 e. The molecule has 2 unspecified atom stereocenters. The van der Waals surface area contributed by atoms with E-state index >= 15 is 0 Å². The molecule has 4 nitrogen and oxygen atoms in total. The van der Waals surface area contributed by atoms with Gasteiger partial charge in [-0.25, -0.2) is 0 Å². The summed E-state index contributed by atoms with van der Waals surface area (Å²) in [6.07, 6.45) is 2.30. The number of carbonyl (C=O) groups is 1. The van der Waals surface area contributed by atoms with Crippen LogP contribution < -0.4 is 5.32 Å². The van der Waals surface area contributed by atoms with Crippen molar-refractivity contribution in [2.24, 2.45) is 0 Å². The van der Waals surface area contributed by atoms with E-state index in [1.807, 2.05) is 4.90 Å². The molecule has 2 atom stereocenters. The number of amides is 1. The van der Waals surface area contributed by atoms with E-state index in [-0.39, 0.29) is 18.1 Å². The Morgan fingerprint density at radius 2 is 2.19 bits per heavy atom. The molecule has 16 heavy (non-hydrogen) atoms. The maximum Gasteiger partial charge on any atom is 0.239 e. The molecule has 0 bridgehead atoms. The van der Waals surface area contributed by atoms with Crippen molar-refractivity contribution in [1.82, 2.24) is 10.2 Å². The first-order chi connectivity index (χ1) is 7.50. The summed E-state index contributed by atoms with van der Waals surface area (Å²) in [5.74, 6) is 0.222. The normalized spacial score (nSPS) is 23.2. The van der Waals surface area contributed by atoms with E-state index in [4.69, 9.17) is 5.11 Å². The molecule has 2 N–H and O–H groups in total. The fourth-order valence-corrected chi connectivity index (χ4v) is 2.10. The number of carbonyl (C=O) groups excluding carboxylic acids is 1. The molecule has 0 spiro atoms. The molecular weight excluding hydrogens is 204 g/mol. The van der Waals surface area contributed by atoms with Crippen LogP contribution in [-0.2, 0) is 4.79 Å². The molecule has 1 amide bonds. The third-order valence-corrected chi connectivity index (χ3v) is 2.88. The summed E-state index contributed by atoms with van der Waals surface area (Å²) in [7, 11) is 0. The molecule has 1 fully saturated rings. The van der Waals surface area contributed by atoms with Crippen LogP contribution in [0.25, 0.3) is 0 Å². The summed E-state index contributed by atoms with van der Waals surface area (Å²) >= 11 is 0. The highest BCUT2D eigenvalue weighted by Gasteiger charge is 2.30. The lowest BCUT2D eigenvalue weighted by atomic mass is 10.2. The van der Waals surface area contributed by atoms with E-state index in [1.54, 1.807) is 6.92 Å². The van der Waals surface area contributed by atoms with Crippen molar-refractivity contribution in [1.29, 1.82) is 0 Å². The van der Waals surface area contributed by atoms with Crippen LogP contribution in [0.4, 0.5) is 0 Å². The fraction of sp³-hybridized carbons (Fsp3) is 0.917. The molecule has 1 aliphatic rings. The summed E-state index contributed by atoms with van der Waals surface area (Å²) in [5, 5.41) is 12.4. The van der Waals surface area contributed by atoms with E-state index < -0.39 is 0 Å². The first kappa shape index (κ1) is 13.5. The highest BCUT2D eigenvalue weighted by Crippen LogP contribution is 2.13. The van der Waals surface area contributed by atoms with Gasteiger partial charge in [0.05, 0.1) is 12.1 Å². The van der Waals surface area contributed by atoms with Gasteiger partial charge >= 0.3 is 0 Å². The maximum absolute atomic E-state index is 11.9. The molecule has 1 aliphatic heterocycles. The molecular formula is C12H24N2O2. The van der Waals surface area contributed by atoms with E-state index in [0.717, 1.165) is 32.4 Å². The third kappa shape index (κ3) is 4.10. The van der Waals surface area contributed by atoms with Crippen LogP contribution in [0, 0.1) is 0 Å². The van der Waals surface area contributed by atoms with Crippen LogP contribution in [0.3, 0.4) is 0 Å². The SMILES string of the molecule is CC(O)CCCN1CCC(NC(C)C)C1=O. The Labute approximate surface area is 98.0 Å². The number of rotatable bonds is 6. The average molecular weight is 228 g/mol. The van der Waals surface area contributed by atoms with Gasteiger partial charge in [0.15, 0.2) is 0 Å². The van der Waals surface area contributed by atoms with Gasteiger partial charge in [-0.3, -0.25) is 4.79 Å². The minimum absolute atomic E-state index is 0.00606. The predicted octanol–water partition coefficient (Wildman–Crippen LogP) is 0.746. The van der Waals surface area contributed by atoms with Gasteiger partial charge < -0.3 is 15.3 Å². The maximum atomic E-state index is 11.9.